The summed E-state index contributed by atoms with van der Waals surface area (Å²) in [4.78, 5) is 26.5. The van der Waals surface area contributed by atoms with Gasteiger partial charge in [-0.05, 0) is 56.5 Å². The molecule has 3 rings (SSSR count). The highest BCUT2D eigenvalue weighted by Crippen LogP contribution is 2.30. The van der Waals surface area contributed by atoms with Crippen molar-refractivity contribution in [2.24, 2.45) is 5.73 Å². The normalized spacial score (nSPS) is 13.8. The summed E-state index contributed by atoms with van der Waals surface area (Å²) in [5.74, 6) is -0.686. The second kappa shape index (κ2) is 6.97. The molecule has 1 aliphatic heterocycles. The van der Waals surface area contributed by atoms with Crippen molar-refractivity contribution in [1.82, 2.24) is 0 Å². The number of primary amides is 1. The average molecular weight is 337 g/mol. The number of benzene rings is 2. The second-order valence-corrected chi connectivity index (χ2v) is 6.56. The monoisotopic (exact) mass is 337 g/mol. The van der Waals surface area contributed by atoms with E-state index in [9.17, 15) is 9.59 Å². The number of nitrogens with zero attached hydrogens (tertiary/aromatic N) is 1. The minimum absolute atomic E-state index is 0.181. The molecule has 0 aromatic heterocycles. The first kappa shape index (κ1) is 17.0. The van der Waals surface area contributed by atoms with Crippen molar-refractivity contribution in [3.63, 3.8) is 0 Å². The molecule has 5 nitrogen and oxygen atoms in total. The van der Waals surface area contributed by atoms with E-state index in [1.165, 1.54) is 0 Å². The van der Waals surface area contributed by atoms with E-state index in [0.29, 0.717) is 16.8 Å². The van der Waals surface area contributed by atoms with E-state index in [0.717, 1.165) is 42.7 Å². The Morgan fingerprint density at radius 2 is 1.76 bits per heavy atom. The Kier molecular flexibility index (Phi) is 4.74. The molecular formula is C20H23N3O2. The molecule has 0 unspecified atom stereocenters. The highest BCUT2D eigenvalue weighted by molar-refractivity contribution is 6.07. The van der Waals surface area contributed by atoms with Gasteiger partial charge in [0.1, 0.15) is 0 Å². The average Bonchev–Trinajstić information content (AvgIpc) is 3.08. The SMILES string of the molecule is Cc1ccc(C(=O)Nc2cc(C(N)=O)ccc2N2CCCC2)c(C)c1. The van der Waals surface area contributed by atoms with Gasteiger partial charge in [0, 0.05) is 24.2 Å². The molecule has 2 amide bonds. The molecule has 0 spiro atoms. The number of anilines is 2. The molecule has 5 heteroatoms. The Hall–Kier alpha value is -2.82. The number of rotatable bonds is 4. The Bertz CT molecular complexity index is 824. The van der Waals surface area contributed by atoms with Gasteiger partial charge in [-0.3, -0.25) is 9.59 Å². The lowest BCUT2D eigenvalue weighted by Gasteiger charge is -2.22. The van der Waals surface area contributed by atoms with Crippen LogP contribution in [0.1, 0.15) is 44.7 Å². The van der Waals surface area contributed by atoms with Gasteiger partial charge < -0.3 is 16.0 Å². The predicted octanol–water partition coefficient (Wildman–Crippen LogP) is 3.25. The fraction of sp³-hybridized carbons (Fsp3) is 0.300. The number of nitrogens with two attached hydrogens (primary N) is 1. The first-order valence-electron chi connectivity index (χ1n) is 8.53. The molecule has 1 heterocycles. The molecule has 130 valence electrons. The number of carbonyl (C=O) groups is 2. The van der Waals surface area contributed by atoms with Gasteiger partial charge in [-0.15, -0.1) is 0 Å². The summed E-state index contributed by atoms with van der Waals surface area (Å²) < 4.78 is 0. The third-order valence-electron chi connectivity index (χ3n) is 4.60. The van der Waals surface area contributed by atoms with Crippen LogP contribution < -0.4 is 16.0 Å². The van der Waals surface area contributed by atoms with Gasteiger partial charge in [-0.2, -0.15) is 0 Å². The molecule has 0 aliphatic carbocycles. The molecule has 0 radical (unpaired) electrons. The van der Waals surface area contributed by atoms with Crippen LogP contribution in [0.3, 0.4) is 0 Å². The predicted molar refractivity (Wildman–Crippen MR) is 100 cm³/mol. The van der Waals surface area contributed by atoms with Crippen LogP contribution in [0.15, 0.2) is 36.4 Å². The van der Waals surface area contributed by atoms with E-state index < -0.39 is 5.91 Å². The lowest BCUT2D eigenvalue weighted by atomic mass is 10.0. The van der Waals surface area contributed by atoms with Gasteiger partial charge in [-0.1, -0.05) is 17.7 Å². The van der Waals surface area contributed by atoms with Crippen molar-refractivity contribution < 1.29 is 9.59 Å². The van der Waals surface area contributed by atoms with Crippen molar-refractivity contribution in [3.05, 3.63) is 58.7 Å². The van der Waals surface area contributed by atoms with E-state index in [2.05, 4.69) is 10.2 Å². The quantitative estimate of drug-likeness (QED) is 0.899. The first-order valence-corrected chi connectivity index (χ1v) is 8.53. The van der Waals surface area contributed by atoms with E-state index >= 15 is 0 Å². The Morgan fingerprint density at radius 1 is 1.04 bits per heavy atom. The largest absolute Gasteiger partial charge is 0.370 e. The minimum Gasteiger partial charge on any atom is -0.370 e. The number of hydrogen-bond donors (Lipinski definition) is 2. The molecule has 2 aromatic rings. The highest BCUT2D eigenvalue weighted by Gasteiger charge is 2.19. The summed E-state index contributed by atoms with van der Waals surface area (Å²) in [6, 6.07) is 11.0. The maximum atomic E-state index is 12.7. The van der Waals surface area contributed by atoms with Crippen LogP contribution in [0.5, 0.6) is 0 Å². The van der Waals surface area contributed by atoms with Gasteiger partial charge in [0.05, 0.1) is 11.4 Å². The van der Waals surface area contributed by atoms with Gasteiger partial charge in [0.15, 0.2) is 0 Å². The summed E-state index contributed by atoms with van der Waals surface area (Å²) in [5.41, 5.74) is 10.0. The second-order valence-electron chi connectivity index (χ2n) is 6.56. The summed E-state index contributed by atoms with van der Waals surface area (Å²) in [6.07, 6.45) is 2.25. The van der Waals surface area contributed by atoms with E-state index in [4.69, 9.17) is 5.73 Å². The zero-order chi connectivity index (χ0) is 18.0. The van der Waals surface area contributed by atoms with Gasteiger partial charge >= 0.3 is 0 Å². The topological polar surface area (TPSA) is 75.4 Å². The van der Waals surface area contributed by atoms with Crippen molar-refractivity contribution in [1.29, 1.82) is 0 Å². The Morgan fingerprint density at radius 3 is 2.40 bits per heavy atom. The summed E-state index contributed by atoms with van der Waals surface area (Å²) in [6.45, 7) is 5.81. The smallest absolute Gasteiger partial charge is 0.255 e. The minimum atomic E-state index is -0.505. The van der Waals surface area contributed by atoms with Crippen molar-refractivity contribution in [3.8, 4) is 0 Å². The molecular weight excluding hydrogens is 314 g/mol. The molecule has 2 aromatic carbocycles. The van der Waals surface area contributed by atoms with Gasteiger partial charge in [0.25, 0.3) is 5.91 Å². The first-order chi connectivity index (χ1) is 12.0. The molecule has 0 atom stereocenters. The zero-order valence-electron chi connectivity index (χ0n) is 14.6. The summed E-state index contributed by atoms with van der Waals surface area (Å²) >= 11 is 0. The molecule has 25 heavy (non-hydrogen) atoms. The summed E-state index contributed by atoms with van der Waals surface area (Å²) in [5, 5.41) is 2.97. The van der Waals surface area contributed by atoms with Gasteiger partial charge in [0.2, 0.25) is 5.91 Å². The van der Waals surface area contributed by atoms with Crippen molar-refractivity contribution >= 4 is 23.2 Å². The van der Waals surface area contributed by atoms with Crippen LogP contribution in [-0.4, -0.2) is 24.9 Å². The van der Waals surface area contributed by atoms with Gasteiger partial charge in [-0.25, -0.2) is 0 Å². The fourth-order valence-electron chi connectivity index (χ4n) is 3.28. The van der Waals surface area contributed by atoms with Crippen LogP contribution in [0.2, 0.25) is 0 Å². The molecule has 0 bridgehead atoms. The van der Waals surface area contributed by atoms with Crippen LogP contribution >= 0.6 is 0 Å². The Labute approximate surface area is 147 Å². The van der Waals surface area contributed by atoms with Crippen LogP contribution in [0, 0.1) is 13.8 Å². The maximum Gasteiger partial charge on any atom is 0.255 e. The molecule has 3 N–H and O–H groups in total. The maximum absolute atomic E-state index is 12.7. The fourth-order valence-corrected chi connectivity index (χ4v) is 3.28. The molecule has 1 saturated heterocycles. The number of nitrogens with one attached hydrogen (secondary N) is 1. The van der Waals surface area contributed by atoms with Crippen molar-refractivity contribution in [2.75, 3.05) is 23.3 Å². The third kappa shape index (κ3) is 3.65. The molecule has 0 saturated carbocycles. The molecule has 1 aliphatic rings. The number of hydrogen-bond acceptors (Lipinski definition) is 3. The van der Waals surface area contributed by atoms with Crippen LogP contribution in [0.4, 0.5) is 11.4 Å². The molecule has 1 fully saturated rings. The summed E-state index contributed by atoms with van der Waals surface area (Å²) in [7, 11) is 0. The highest BCUT2D eigenvalue weighted by atomic mass is 16.2. The van der Waals surface area contributed by atoms with Crippen LogP contribution in [-0.2, 0) is 0 Å². The lowest BCUT2D eigenvalue weighted by Crippen LogP contribution is -2.22. The standard InChI is InChI=1S/C20H23N3O2/c1-13-5-7-16(14(2)11-13)20(25)22-17-12-15(19(21)24)6-8-18(17)23-9-3-4-10-23/h5-8,11-12H,3-4,9-10H2,1-2H3,(H2,21,24)(H,22,25). The third-order valence-corrected chi connectivity index (χ3v) is 4.60. The van der Waals surface area contributed by atoms with E-state index in [1.54, 1.807) is 12.1 Å². The zero-order valence-corrected chi connectivity index (χ0v) is 14.6. The lowest BCUT2D eigenvalue weighted by molar-refractivity contribution is 0.0996. The number of carbonyl (C=O) groups excluding carboxylic acids is 2. The Balaban J connectivity index is 1.94. The van der Waals surface area contributed by atoms with Crippen LogP contribution in [0.25, 0.3) is 0 Å². The van der Waals surface area contributed by atoms with E-state index in [1.807, 2.05) is 38.1 Å². The number of aryl methyl sites for hydroxylation is 2. The van der Waals surface area contributed by atoms with E-state index in [-0.39, 0.29) is 5.91 Å². The van der Waals surface area contributed by atoms with Crippen molar-refractivity contribution in [2.45, 2.75) is 26.7 Å². The number of amides is 2.